The molecule has 2 saturated heterocycles. The lowest BCUT2D eigenvalue weighted by Gasteiger charge is -2.33. The Labute approximate surface area is 150 Å². The Balaban J connectivity index is 1.64. The van der Waals surface area contributed by atoms with Crippen molar-refractivity contribution in [3.63, 3.8) is 0 Å². The monoisotopic (exact) mass is 346 g/mol. The van der Waals surface area contributed by atoms with Crippen molar-refractivity contribution in [2.24, 2.45) is 0 Å². The third-order valence-corrected chi connectivity index (χ3v) is 5.74. The van der Waals surface area contributed by atoms with Gasteiger partial charge in [-0.2, -0.15) is 0 Å². The number of methoxy groups -OCH3 is 2. The standard InChI is InChI=1S/C20H30N2O3/c1-21-12-4-6-17(21)18-7-5-13-22(18)20(23)11-8-15-14-16(24-2)9-10-19(15)25-3/h9-10,14,17-18H,4-8,11-13H2,1-3H3/t17-,18+/m1/s1. The van der Waals surface area contributed by atoms with Crippen LogP contribution in [-0.4, -0.2) is 62.1 Å². The number of hydrogen-bond acceptors (Lipinski definition) is 4. The molecule has 2 atom stereocenters. The summed E-state index contributed by atoms with van der Waals surface area (Å²) in [6.45, 7) is 2.06. The zero-order valence-electron chi connectivity index (χ0n) is 15.7. The highest BCUT2D eigenvalue weighted by atomic mass is 16.5. The van der Waals surface area contributed by atoms with E-state index in [0.29, 0.717) is 24.9 Å². The van der Waals surface area contributed by atoms with Crippen molar-refractivity contribution >= 4 is 5.91 Å². The molecule has 138 valence electrons. The molecule has 5 heteroatoms. The van der Waals surface area contributed by atoms with Crippen LogP contribution in [0.5, 0.6) is 11.5 Å². The quantitative estimate of drug-likeness (QED) is 0.794. The van der Waals surface area contributed by atoms with Crippen molar-refractivity contribution in [1.29, 1.82) is 0 Å². The van der Waals surface area contributed by atoms with Gasteiger partial charge in [-0.15, -0.1) is 0 Å². The summed E-state index contributed by atoms with van der Waals surface area (Å²) in [5.74, 6) is 1.89. The SMILES string of the molecule is COc1ccc(OC)c(CCC(=O)N2CCC[C@H]2[C@H]2CCCN2C)c1. The number of rotatable bonds is 6. The van der Waals surface area contributed by atoms with Crippen molar-refractivity contribution in [3.8, 4) is 11.5 Å². The summed E-state index contributed by atoms with van der Waals surface area (Å²) in [4.78, 5) is 17.5. The van der Waals surface area contributed by atoms with E-state index >= 15 is 0 Å². The Hall–Kier alpha value is -1.75. The maximum absolute atomic E-state index is 12.9. The number of likely N-dealkylation sites (tertiary alicyclic amines) is 2. The van der Waals surface area contributed by atoms with Crippen LogP contribution in [-0.2, 0) is 11.2 Å². The van der Waals surface area contributed by atoms with Crippen molar-refractivity contribution in [1.82, 2.24) is 9.80 Å². The van der Waals surface area contributed by atoms with Crippen LogP contribution in [0.3, 0.4) is 0 Å². The summed E-state index contributed by atoms with van der Waals surface area (Å²) in [5.41, 5.74) is 1.03. The van der Waals surface area contributed by atoms with Gasteiger partial charge in [-0.3, -0.25) is 4.79 Å². The smallest absolute Gasteiger partial charge is 0.223 e. The normalized spacial score (nSPS) is 23.9. The van der Waals surface area contributed by atoms with Gasteiger partial charge in [-0.25, -0.2) is 0 Å². The highest BCUT2D eigenvalue weighted by Crippen LogP contribution is 2.30. The number of ether oxygens (including phenoxy) is 2. The molecule has 2 fully saturated rings. The molecule has 2 aliphatic heterocycles. The first kappa shape index (κ1) is 18.1. The lowest BCUT2D eigenvalue weighted by atomic mass is 10.0. The first-order valence-electron chi connectivity index (χ1n) is 9.34. The van der Waals surface area contributed by atoms with Gasteiger partial charge in [-0.1, -0.05) is 0 Å². The molecule has 5 nitrogen and oxygen atoms in total. The summed E-state index contributed by atoms with van der Waals surface area (Å²) in [6, 6.07) is 6.70. The van der Waals surface area contributed by atoms with Crippen molar-refractivity contribution in [2.75, 3.05) is 34.4 Å². The minimum Gasteiger partial charge on any atom is -0.497 e. The first-order valence-corrected chi connectivity index (χ1v) is 9.34. The van der Waals surface area contributed by atoms with Gasteiger partial charge in [0.2, 0.25) is 5.91 Å². The lowest BCUT2D eigenvalue weighted by Crippen LogP contribution is -2.47. The van der Waals surface area contributed by atoms with Crippen molar-refractivity contribution in [3.05, 3.63) is 23.8 Å². The fourth-order valence-electron chi connectivity index (χ4n) is 4.39. The van der Waals surface area contributed by atoms with Crippen LogP contribution < -0.4 is 9.47 Å². The number of aryl methyl sites for hydroxylation is 1. The van der Waals surface area contributed by atoms with E-state index in [-0.39, 0.29) is 5.91 Å². The van der Waals surface area contributed by atoms with Gasteiger partial charge < -0.3 is 19.3 Å². The molecule has 0 bridgehead atoms. The summed E-state index contributed by atoms with van der Waals surface area (Å²) in [5, 5.41) is 0. The maximum atomic E-state index is 12.9. The summed E-state index contributed by atoms with van der Waals surface area (Å²) in [6.07, 6.45) is 5.95. The average molecular weight is 346 g/mol. The van der Waals surface area contributed by atoms with E-state index in [2.05, 4.69) is 16.8 Å². The van der Waals surface area contributed by atoms with Crippen molar-refractivity contribution in [2.45, 2.75) is 50.6 Å². The van der Waals surface area contributed by atoms with Gasteiger partial charge in [0.1, 0.15) is 11.5 Å². The van der Waals surface area contributed by atoms with E-state index in [4.69, 9.17) is 9.47 Å². The van der Waals surface area contributed by atoms with Gasteiger partial charge in [0.15, 0.2) is 0 Å². The molecule has 0 aliphatic carbocycles. The highest BCUT2D eigenvalue weighted by molar-refractivity contribution is 5.77. The van der Waals surface area contributed by atoms with Crippen LogP contribution in [0, 0.1) is 0 Å². The minimum atomic E-state index is 0.271. The van der Waals surface area contributed by atoms with Crippen LogP contribution in [0.2, 0.25) is 0 Å². The van der Waals surface area contributed by atoms with Crippen LogP contribution in [0.1, 0.15) is 37.7 Å². The summed E-state index contributed by atoms with van der Waals surface area (Å²) in [7, 11) is 5.52. The molecule has 25 heavy (non-hydrogen) atoms. The predicted molar refractivity (Wildman–Crippen MR) is 98.3 cm³/mol. The second-order valence-corrected chi connectivity index (χ2v) is 7.16. The fraction of sp³-hybridized carbons (Fsp3) is 0.650. The van der Waals surface area contributed by atoms with Gasteiger partial charge >= 0.3 is 0 Å². The molecule has 2 heterocycles. The maximum Gasteiger partial charge on any atom is 0.223 e. The Morgan fingerprint density at radius 2 is 1.88 bits per heavy atom. The summed E-state index contributed by atoms with van der Waals surface area (Å²) >= 11 is 0. The molecule has 2 aliphatic rings. The third-order valence-electron chi connectivity index (χ3n) is 5.74. The number of carbonyl (C=O) groups excluding carboxylic acids is 1. The predicted octanol–water partition coefficient (Wildman–Crippen LogP) is 2.72. The molecular weight excluding hydrogens is 316 g/mol. The average Bonchev–Trinajstić information content (AvgIpc) is 3.27. The second-order valence-electron chi connectivity index (χ2n) is 7.16. The van der Waals surface area contributed by atoms with Gasteiger partial charge in [0.25, 0.3) is 0 Å². The number of nitrogens with zero attached hydrogens (tertiary/aromatic N) is 2. The second kappa shape index (κ2) is 8.09. The zero-order valence-corrected chi connectivity index (χ0v) is 15.7. The zero-order chi connectivity index (χ0) is 17.8. The number of benzene rings is 1. The Morgan fingerprint density at radius 1 is 1.12 bits per heavy atom. The molecule has 0 N–H and O–H groups in total. The number of carbonyl (C=O) groups is 1. The van der Waals surface area contributed by atoms with Crippen LogP contribution >= 0.6 is 0 Å². The number of hydrogen-bond donors (Lipinski definition) is 0. The van der Waals surface area contributed by atoms with E-state index < -0.39 is 0 Å². The van der Waals surface area contributed by atoms with Crippen LogP contribution in [0.15, 0.2) is 18.2 Å². The molecule has 1 aromatic rings. The Morgan fingerprint density at radius 3 is 2.56 bits per heavy atom. The number of amides is 1. The van der Waals surface area contributed by atoms with Gasteiger partial charge in [0, 0.05) is 25.0 Å². The van der Waals surface area contributed by atoms with E-state index in [9.17, 15) is 4.79 Å². The minimum absolute atomic E-state index is 0.271. The molecule has 1 amide bonds. The summed E-state index contributed by atoms with van der Waals surface area (Å²) < 4.78 is 10.7. The molecule has 0 saturated carbocycles. The van der Waals surface area contributed by atoms with E-state index in [1.807, 2.05) is 18.2 Å². The third kappa shape index (κ3) is 3.92. The van der Waals surface area contributed by atoms with E-state index in [1.165, 1.54) is 12.8 Å². The molecule has 1 aromatic carbocycles. The van der Waals surface area contributed by atoms with E-state index in [0.717, 1.165) is 43.0 Å². The van der Waals surface area contributed by atoms with Crippen LogP contribution in [0.25, 0.3) is 0 Å². The topological polar surface area (TPSA) is 42.0 Å². The first-order chi connectivity index (χ1) is 12.1. The fourth-order valence-corrected chi connectivity index (χ4v) is 4.39. The molecule has 0 aromatic heterocycles. The molecule has 0 unspecified atom stereocenters. The largest absolute Gasteiger partial charge is 0.497 e. The Bertz CT molecular complexity index is 605. The van der Waals surface area contributed by atoms with Gasteiger partial charge in [0.05, 0.1) is 14.2 Å². The molecule has 0 radical (unpaired) electrons. The molecule has 3 rings (SSSR count). The number of likely N-dealkylation sites (N-methyl/N-ethyl adjacent to an activating group) is 1. The Kier molecular flexibility index (Phi) is 5.84. The molecule has 0 spiro atoms. The van der Waals surface area contributed by atoms with Crippen LogP contribution in [0.4, 0.5) is 0 Å². The lowest BCUT2D eigenvalue weighted by molar-refractivity contribution is -0.132. The molecular formula is C20H30N2O3. The van der Waals surface area contributed by atoms with Crippen molar-refractivity contribution < 1.29 is 14.3 Å². The highest BCUT2D eigenvalue weighted by Gasteiger charge is 2.38. The van der Waals surface area contributed by atoms with E-state index in [1.54, 1.807) is 14.2 Å². The van der Waals surface area contributed by atoms with Gasteiger partial charge in [-0.05, 0) is 69.5 Å².